The molecule has 13 heteroatoms. The first-order valence-electron chi connectivity index (χ1n) is 22.7. The number of allylic oxidation sites excluding steroid dienone is 3. The van der Waals surface area contributed by atoms with Crippen molar-refractivity contribution < 1.29 is 51.8 Å². The van der Waals surface area contributed by atoms with Gasteiger partial charge in [-0.3, -0.25) is 9.35 Å². The maximum atomic E-state index is 13.0. The standard InChI is InChI=1S/C44H83NO11S/c1-3-5-7-9-11-13-14-15-16-17-18-19-20-21-22-23-24-26-28-30-32-34-40(48)45-37(38(47)33-31-29-27-25-12-10-8-6-4-2)36-54-44-42(50)43(56-57(51,52)53)41(49)39(35-46)55-44/h19-20,31,33,37-39,41-44,46-47,49-50H,3-18,21-30,32,34-36H2,1-2H3,(H,45,48)(H,51,52,53)/b20-19-,33-31+. The first kappa shape index (κ1) is 53.6. The van der Waals surface area contributed by atoms with Gasteiger partial charge in [0, 0.05) is 6.42 Å². The third-order valence-electron chi connectivity index (χ3n) is 10.7. The Hall–Kier alpha value is -1.42. The molecule has 1 amide bonds. The highest BCUT2D eigenvalue weighted by Crippen LogP contribution is 2.26. The number of amides is 1. The van der Waals surface area contributed by atoms with Crippen molar-refractivity contribution in [3.63, 3.8) is 0 Å². The predicted molar refractivity (Wildman–Crippen MR) is 227 cm³/mol. The zero-order valence-electron chi connectivity index (χ0n) is 35.7. The van der Waals surface area contributed by atoms with Crippen molar-refractivity contribution in [3.05, 3.63) is 24.3 Å². The van der Waals surface area contributed by atoms with E-state index >= 15 is 0 Å². The van der Waals surface area contributed by atoms with Crippen LogP contribution in [0.25, 0.3) is 0 Å². The van der Waals surface area contributed by atoms with Crippen LogP contribution in [0.15, 0.2) is 24.3 Å². The van der Waals surface area contributed by atoms with E-state index in [1.165, 1.54) is 116 Å². The number of aliphatic hydroxyl groups is 4. The van der Waals surface area contributed by atoms with Crippen LogP contribution in [0.2, 0.25) is 0 Å². The van der Waals surface area contributed by atoms with Crippen molar-refractivity contribution in [1.29, 1.82) is 0 Å². The molecule has 336 valence electrons. The van der Waals surface area contributed by atoms with E-state index in [4.69, 9.17) is 14.0 Å². The number of aliphatic hydroxyl groups excluding tert-OH is 4. The molecule has 0 radical (unpaired) electrons. The minimum Gasteiger partial charge on any atom is -0.394 e. The quantitative estimate of drug-likeness (QED) is 0.0198. The molecule has 0 saturated carbocycles. The van der Waals surface area contributed by atoms with Crippen LogP contribution in [-0.2, 0) is 28.9 Å². The molecule has 0 bridgehead atoms. The summed E-state index contributed by atoms with van der Waals surface area (Å²) in [6.45, 7) is 3.34. The largest absolute Gasteiger partial charge is 0.397 e. The minimum absolute atomic E-state index is 0.264. The molecule has 1 aliphatic heterocycles. The van der Waals surface area contributed by atoms with Gasteiger partial charge in [0.1, 0.15) is 24.4 Å². The average Bonchev–Trinajstić information content (AvgIpc) is 3.18. The number of nitrogens with one attached hydrogen (secondary N) is 1. The third kappa shape index (κ3) is 28.6. The highest BCUT2D eigenvalue weighted by atomic mass is 32.3. The Morgan fingerprint density at radius 2 is 1.12 bits per heavy atom. The highest BCUT2D eigenvalue weighted by Gasteiger charge is 2.48. The second-order valence-corrected chi connectivity index (χ2v) is 17.0. The molecule has 0 spiro atoms. The molecular weight excluding hydrogens is 751 g/mol. The summed E-state index contributed by atoms with van der Waals surface area (Å²) in [7, 11) is -5.08. The Bertz CT molecular complexity index is 1120. The summed E-state index contributed by atoms with van der Waals surface area (Å²) < 4.78 is 47.4. The maximum Gasteiger partial charge on any atom is 0.397 e. The summed E-state index contributed by atoms with van der Waals surface area (Å²) in [4.78, 5) is 13.0. The summed E-state index contributed by atoms with van der Waals surface area (Å²) in [6.07, 6.45) is 31.0. The number of carbonyl (C=O) groups excluding carboxylic acids is 1. The normalized spacial score (nSPS) is 21.4. The van der Waals surface area contributed by atoms with E-state index in [9.17, 15) is 33.6 Å². The summed E-state index contributed by atoms with van der Waals surface area (Å²) in [5, 5.41) is 44.5. The molecule has 0 aliphatic carbocycles. The molecule has 1 aliphatic rings. The zero-order chi connectivity index (χ0) is 42.0. The van der Waals surface area contributed by atoms with Gasteiger partial charge >= 0.3 is 10.4 Å². The second kappa shape index (κ2) is 35.3. The summed E-state index contributed by atoms with van der Waals surface area (Å²) >= 11 is 0. The molecule has 12 nitrogen and oxygen atoms in total. The average molecular weight is 834 g/mol. The topological polar surface area (TPSA) is 192 Å². The number of rotatable bonds is 38. The Morgan fingerprint density at radius 3 is 1.58 bits per heavy atom. The maximum absolute atomic E-state index is 13.0. The fraction of sp³-hybridized carbons (Fsp3) is 0.886. The van der Waals surface area contributed by atoms with Crippen LogP contribution in [-0.4, -0.2) is 95.4 Å². The van der Waals surface area contributed by atoms with E-state index in [1.807, 2.05) is 6.08 Å². The van der Waals surface area contributed by atoms with Gasteiger partial charge < -0.3 is 35.2 Å². The molecule has 1 heterocycles. The number of ether oxygens (including phenoxy) is 2. The molecule has 1 fully saturated rings. The van der Waals surface area contributed by atoms with Crippen LogP contribution < -0.4 is 5.32 Å². The lowest BCUT2D eigenvalue weighted by Crippen LogP contribution is -2.61. The van der Waals surface area contributed by atoms with E-state index in [-0.39, 0.29) is 18.9 Å². The fourth-order valence-electron chi connectivity index (χ4n) is 7.15. The number of unbranched alkanes of at least 4 members (excludes halogenated alkanes) is 24. The predicted octanol–water partition coefficient (Wildman–Crippen LogP) is 8.55. The van der Waals surface area contributed by atoms with Gasteiger partial charge in [-0.1, -0.05) is 167 Å². The first-order valence-corrected chi connectivity index (χ1v) is 24.1. The van der Waals surface area contributed by atoms with E-state index in [1.54, 1.807) is 6.08 Å². The molecule has 7 atom stereocenters. The Kier molecular flexibility index (Phi) is 33.2. The molecule has 7 unspecified atom stereocenters. The molecular formula is C44H83NO11S. The molecule has 0 aromatic rings. The second-order valence-electron chi connectivity index (χ2n) is 16.0. The minimum atomic E-state index is -5.08. The molecule has 1 saturated heterocycles. The molecule has 1 rings (SSSR count). The smallest absolute Gasteiger partial charge is 0.394 e. The van der Waals surface area contributed by atoms with E-state index in [2.05, 4.69) is 35.5 Å². The van der Waals surface area contributed by atoms with Crippen LogP contribution >= 0.6 is 0 Å². The number of hydrogen-bond donors (Lipinski definition) is 6. The van der Waals surface area contributed by atoms with Crippen LogP contribution in [0.5, 0.6) is 0 Å². The number of hydrogen-bond acceptors (Lipinski definition) is 10. The number of carbonyl (C=O) groups is 1. The van der Waals surface area contributed by atoms with Crippen LogP contribution in [0.4, 0.5) is 0 Å². The zero-order valence-corrected chi connectivity index (χ0v) is 36.5. The van der Waals surface area contributed by atoms with Crippen molar-refractivity contribution in [2.24, 2.45) is 0 Å². The third-order valence-corrected chi connectivity index (χ3v) is 11.2. The van der Waals surface area contributed by atoms with Gasteiger partial charge in [-0.15, -0.1) is 0 Å². The van der Waals surface area contributed by atoms with E-state index < -0.39 is 59.9 Å². The van der Waals surface area contributed by atoms with Crippen molar-refractivity contribution in [2.45, 2.75) is 236 Å². The molecule has 57 heavy (non-hydrogen) atoms. The van der Waals surface area contributed by atoms with Crippen LogP contribution in [0, 0.1) is 0 Å². The lowest BCUT2D eigenvalue weighted by Gasteiger charge is -2.41. The molecule has 0 aromatic carbocycles. The highest BCUT2D eigenvalue weighted by molar-refractivity contribution is 7.80. The first-order chi connectivity index (χ1) is 27.5. The van der Waals surface area contributed by atoms with E-state index in [0.717, 1.165) is 51.4 Å². The van der Waals surface area contributed by atoms with Crippen LogP contribution in [0.1, 0.15) is 194 Å². The van der Waals surface area contributed by atoms with Gasteiger partial charge in [-0.05, 0) is 44.9 Å². The Balaban J connectivity index is 2.43. The van der Waals surface area contributed by atoms with Gasteiger partial charge in [0.2, 0.25) is 5.91 Å². The van der Waals surface area contributed by atoms with Gasteiger partial charge in [-0.2, -0.15) is 8.42 Å². The Morgan fingerprint density at radius 1 is 0.684 bits per heavy atom. The summed E-state index contributed by atoms with van der Waals surface area (Å²) in [5.74, 6) is -0.269. The van der Waals surface area contributed by atoms with Crippen molar-refractivity contribution >= 4 is 16.3 Å². The lowest BCUT2D eigenvalue weighted by molar-refractivity contribution is -0.298. The lowest BCUT2D eigenvalue weighted by atomic mass is 9.99. The van der Waals surface area contributed by atoms with Crippen LogP contribution in [0.3, 0.4) is 0 Å². The van der Waals surface area contributed by atoms with Gasteiger partial charge in [0.05, 0.1) is 25.4 Å². The monoisotopic (exact) mass is 834 g/mol. The fourth-order valence-corrected chi connectivity index (χ4v) is 7.66. The molecule has 6 N–H and O–H groups in total. The summed E-state index contributed by atoms with van der Waals surface area (Å²) in [5.41, 5.74) is 0. The van der Waals surface area contributed by atoms with Gasteiger partial charge in [-0.25, -0.2) is 4.18 Å². The van der Waals surface area contributed by atoms with Crippen molar-refractivity contribution in [2.75, 3.05) is 13.2 Å². The van der Waals surface area contributed by atoms with Gasteiger partial charge in [0.25, 0.3) is 0 Å². The Labute approximate surface area is 346 Å². The molecule has 0 aromatic heterocycles. The SMILES string of the molecule is CCCCCCCCC/C=C/C(O)C(COC1OC(CO)C(O)C(OS(=O)(=O)O)C1O)NC(=O)CCCCCCCCC/C=C\CCCCCCCCCCCC. The van der Waals surface area contributed by atoms with Gasteiger partial charge in [0.15, 0.2) is 6.29 Å². The van der Waals surface area contributed by atoms with Crippen molar-refractivity contribution in [1.82, 2.24) is 5.32 Å². The van der Waals surface area contributed by atoms with Crippen molar-refractivity contribution in [3.8, 4) is 0 Å². The van der Waals surface area contributed by atoms with E-state index in [0.29, 0.717) is 6.42 Å². The summed E-state index contributed by atoms with van der Waals surface area (Å²) in [6, 6.07) is -0.942.